The van der Waals surface area contributed by atoms with Gasteiger partial charge in [0.15, 0.2) is 5.65 Å². The van der Waals surface area contributed by atoms with Crippen LogP contribution in [0.4, 0.5) is 0 Å². The predicted octanol–water partition coefficient (Wildman–Crippen LogP) is 1.80. The van der Waals surface area contributed by atoms with Crippen LogP contribution in [0.1, 0.15) is 12.8 Å². The second kappa shape index (κ2) is 4.76. The Kier molecular flexibility index (Phi) is 3.09. The molecule has 0 spiro atoms. The molecule has 0 N–H and O–H groups in total. The number of rotatable bonds is 2. The summed E-state index contributed by atoms with van der Waals surface area (Å²) in [5.74, 6) is 0. The highest BCUT2D eigenvalue weighted by Crippen LogP contribution is 2.32. The van der Waals surface area contributed by atoms with E-state index in [1.54, 1.807) is 10.9 Å². The molecule has 0 amide bonds. The van der Waals surface area contributed by atoms with Crippen LogP contribution >= 0.6 is 11.6 Å². The molecule has 0 unspecified atom stereocenters. The molecule has 0 radical (unpaired) electrons. The third-order valence-corrected chi connectivity index (χ3v) is 3.64. The lowest BCUT2D eigenvalue weighted by molar-refractivity contribution is 0.0323. The van der Waals surface area contributed by atoms with Gasteiger partial charge >= 0.3 is 0 Å². The van der Waals surface area contributed by atoms with E-state index in [9.17, 15) is 5.26 Å². The summed E-state index contributed by atoms with van der Waals surface area (Å²) in [6, 6.07) is 2.41. The Balaban J connectivity index is 1.96. The van der Waals surface area contributed by atoms with Crippen molar-refractivity contribution in [3.63, 3.8) is 0 Å². The van der Waals surface area contributed by atoms with Gasteiger partial charge in [-0.3, -0.25) is 0 Å². The summed E-state index contributed by atoms with van der Waals surface area (Å²) in [7, 11) is 0. The van der Waals surface area contributed by atoms with Gasteiger partial charge < -0.3 is 4.74 Å². The summed E-state index contributed by atoms with van der Waals surface area (Å²) in [6.07, 6.45) is 4.55. The SMILES string of the molecule is N#CC1(Cn2ncc3ncc(Cl)nc32)CCOCC1. The number of nitrogens with zero attached hydrogens (tertiary/aromatic N) is 5. The summed E-state index contributed by atoms with van der Waals surface area (Å²) in [4.78, 5) is 8.39. The van der Waals surface area contributed by atoms with Crippen molar-refractivity contribution in [2.75, 3.05) is 13.2 Å². The van der Waals surface area contributed by atoms with Crippen LogP contribution < -0.4 is 0 Å². The molecule has 3 heterocycles. The van der Waals surface area contributed by atoms with Gasteiger partial charge in [0, 0.05) is 13.2 Å². The van der Waals surface area contributed by atoms with E-state index in [4.69, 9.17) is 16.3 Å². The second-order valence-corrected chi connectivity index (χ2v) is 5.10. The summed E-state index contributed by atoms with van der Waals surface area (Å²) >= 11 is 5.86. The normalized spacial score (nSPS) is 18.3. The summed E-state index contributed by atoms with van der Waals surface area (Å²) in [6.45, 7) is 1.71. The number of fused-ring (bicyclic) bond motifs is 1. The maximum atomic E-state index is 9.46. The van der Waals surface area contributed by atoms with Gasteiger partial charge in [-0.25, -0.2) is 14.6 Å². The molecule has 1 saturated heterocycles. The third kappa shape index (κ3) is 2.27. The minimum atomic E-state index is -0.443. The van der Waals surface area contributed by atoms with E-state index in [0.717, 1.165) is 0 Å². The van der Waals surface area contributed by atoms with Crippen molar-refractivity contribution in [1.29, 1.82) is 5.26 Å². The molecule has 0 aliphatic carbocycles. The lowest BCUT2D eigenvalue weighted by Gasteiger charge is -2.30. The first-order valence-corrected chi connectivity index (χ1v) is 6.43. The summed E-state index contributed by atoms with van der Waals surface area (Å²) in [5, 5.41) is 14.0. The fraction of sp³-hybridized carbons (Fsp3) is 0.500. The van der Waals surface area contributed by atoms with Crippen LogP contribution in [0, 0.1) is 16.7 Å². The Bertz CT molecular complexity index is 641. The Labute approximate surface area is 115 Å². The molecule has 98 valence electrons. The Morgan fingerprint density at radius 1 is 1.42 bits per heavy atom. The van der Waals surface area contributed by atoms with Crippen LogP contribution in [0.3, 0.4) is 0 Å². The zero-order valence-corrected chi connectivity index (χ0v) is 11.0. The van der Waals surface area contributed by atoms with Crippen molar-refractivity contribution in [2.24, 2.45) is 5.41 Å². The van der Waals surface area contributed by atoms with E-state index in [2.05, 4.69) is 21.1 Å². The van der Waals surface area contributed by atoms with Crippen molar-refractivity contribution in [2.45, 2.75) is 19.4 Å². The van der Waals surface area contributed by atoms with Gasteiger partial charge in [0.1, 0.15) is 10.7 Å². The van der Waals surface area contributed by atoms with Gasteiger partial charge in [-0.1, -0.05) is 11.6 Å². The highest BCUT2D eigenvalue weighted by atomic mass is 35.5. The summed E-state index contributed by atoms with van der Waals surface area (Å²) in [5.41, 5.74) is 0.861. The van der Waals surface area contributed by atoms with Crippen LogP contribution in [0.25, 0.3) is 11.2 Å². The van der Waals surface area contributed by atoms with Crippen molar-refractivity contribution in [3.05, 3.63) is 17.5 Å². The average Bonchev–Trinajstić information content (AvgIpc) is 2.82. The number of halogens is 1. The van der Waals surface area contributed by atoms with E-state index in [0.29, 0.717) is 48.9 Å². The van der Waals surface area contributed by atoms with Crippen LogP contribution in [0.15, 0.2) is 12.4 Å². The zero-order valence-electron chi connectivity index (χ0n) is 10.2. The quantitative estimate of drug-likeness (QED) is 0.836. The van der Waals surface area contributed by atoms with E-state index >= 15 is 0 Å². The topological polar surface area (TPSA) is 76.6 Å². The lowest BCUT2D eigenvalue weighted by Crippen LogP contribution is -2.32. The minimum absolute atomic E-state index is 0.326. The molecular weight excluding hydrogens is 266 g/mol. The maximum absolute atomic E-state index is 9.46. The molecule has 3 rings (SSSR count). The molecule has 6 nitrogen and oxygen atoms in total. The predicted molar refractivity (Wildman–Crippen MR) is 68.4 cm³/mol. The number of aromatic nitrogens is 4. The lowest BCUT2D eigenvalue weighted by atomic mass is 9.82. The number of hydrogen-bond donors (Lipinski definition) is 0. The first-order valence-electron chi connectivity index (χ1n) is 6.06. The minimum Gasteiger partial charge on any atom is -0.381 e. The highest BCUT2D eigenvalue weighted by Gasteiger charge is 2.34. The molecule has 19 heavy (non-hydrogen) atoms. The van der Waals surface area contributed by atoms with Gasteiger partial charge in [-0.15, -0.1) is 0 Å². The Hall–Kier alpha value is -1.71. The maximum Gasteiger partial charge on any atom is 0.178 e. The average molecular weight is 278 g/mol. The van der Waals surface area contributed by atoms with Gasteiger partial charge in [-0.2, -0.15) is 10.4 Å². The van der Waals surface area contributed by atoms with Crippen molar-refractivity contribution >= 4 is 22.8 Å². The van der Waals surface area contributed by atoms with Crippen LogP contribution in [-0.2, 0) is 11.3 Å². The van der Waals surface area contributed by atoms with E-state index in [1.807, 2.05) is 0 Å². The third-order valence-electron chi connectivity index (χ3n) is 3.46. The molecule has 2 aromatic rings. The van der Waals surface area contributed by atoms with Gasteiger partial charge in [0.05, 0.1) is 30.4 Å². The number of nitriles is 1. The fourth-order valence-electron chi connectivity index (χ4n) is 2.30. The molecule has 0 aromatic carbocycles. The highest BCUT2D eigenvalue weighted by molar-refractivity contribution is 6.29. The van der Waals surface area contributed by atoms with Crippen molar-refractivity contribution < 1.29 is 4.74 Å². The molecule has 0 saturated carbocycles. The standard InChI is InChI=1S/C12H12ClN5O/c13-10-6-15-9-5-16-18(11(9)17-10)8-12(7-14)1-3-19-4-2-12/h5-6H,1-4,8H2. The Morgan fingerprint density at radius 3 is 2.95 bits per heavy atom. The number of hydrogen-bond acceptors (Lipinski definition) is 5. The van der Waals surface area contributed by atoms with Crippen LogP contribution in [-0.4, -0.2) is 33.0 Å². The smallest absolute Gasteiger partial charge is 0.178 e. The van der Waals surface area contributed by atoms with Gasteiger partial charge in [0.2, 0.25) is 0 Å². The summed E-state index contributed by atoms with van der Waals surface area (Å²) < 4.78 is 7.03. The molecular formula is C12H12ClN5O. The molecule has 2 aromatic heterocycles. The van der Waals surface area contributed by atoms with Crippen LogP contribution in [0.5, 0.6) is 0 Å². The van der Waals surface area contributed by atoms with Gasteiger partial charge in [-0.05, 0) is 12.8 Å². The fourth-order valence-corrected chi connectivity index (χ4v) is 2.43. The van der Waals surface area contributed by atoms with E-state index in [-0.39, 0.29) is 0 Å². The van der Waals surface area contributed by atoms with E-state index in [1.165, 1.54) is 6.20 Å². The van der Waals surface area contributed by atoms with E-state index < -0.39 is 5.41 Å². The first-order chi connectivity index (χ1) is 9.22. The van der Waals surface area contributed by atoms with Gasteiger partial charge in [0.25, 0.3) is 0 Å². The van der Waals surface area contributed by atoms with Crippen LogP contribution in [0.2, 0.25) is 5.15 Å². The number of ether oxygens (including phenoxy) is 1. The zero-order chi connectivity index (χ0) is 13.3. The Morgan fingerprint density at radius 2 is 2.21 bits per heavy atom. The molecule has 7 heteroatoms. The molecule has 1 aliphatic rings. The molecule has 1 fully saturated rings. The molecule has 0 bridgehead atoms. The van der Waals surface area contributed by atoms with Crippen molar-refractivity contribution in [3.8, 4) is 6.07 Å². The monoisotopic (exact) mass is 277 g/mol. The molecule has 0 atom stereocenters. The largest absolute Gasteiger partial charge is 0.381 e. The molecule has 1 aliphatic heterocycles. The first kappa shape index (κ1) is 12.3. The second-order valence-electron chi connectivity index (χ2n) is 4.71. The van der Waals surface area contributed by atoms with Crippen molar-refractivity contribution in [1.82, 2.24) is 19.7 Å².